The minimum atomic E-state index is -0.774. The van der Waals surface area contributed by atoms with Gasteiger partial charge < -0.3 is 0 Å². The van der Waals surface area contributed by atoms with E-state index in [1.165, 1.54) is 12.1 Å². The Morgan fingerprint density at radius 1 is 0.750 bits per heavy atom. The van der Waals surface area contributed by atoms with Crippen molar-refractivity contribution in [1.29, 1.82) is 10.5 Å². The van der Waals surface area contributed by atoms with Crippen molar-refractivity contribution < 1.29 is 8.78 Å². The first-order chi connectivity index (χ1) is 7.69. The first-order valence-corrected chi connectivity index (χ1v) is 4.40. The predicted molar refractivity (Wildman–Crippen MR) is 53.3 cm³/mol. The molecular weight excluding hydrogens is 210 g/mol. The van der Waals surface area contributed by atoms with Crippen LogP contribution in [0.15, 0.2) is 24.3 Å². The van der Waals surface area contributed by atoms with Gasteiger partial charge in [-0.15, -0.1) is 0 Å². The van der Waals surface area contributed by atoms with Gasteiger partial charge >= 0.3 is 0 Å². The molecule has 0 saturated heterocycles. The molecule has 0 saturated carbocycles. The minimum Gasteiger partial charge on any atom is -0.206 e. The summed E-state index contributed by atoms with van der Waals surface area (Å²) in [4.78, 5) is 0. The summed E-state index contributed by atoms with van der Waals surface area (Å²) in [6.45, 7) is 0. The summed E-state index contributed by atoms with van der Waals surface area (Å²) in [5, 5.41) is 17.4. The van der Waals surface area contributed by atoms with Crippen LogP contribution in [0.2, 0.25) is 0 Å². The van der Waals surface area contributed by atoms with E-state index >= 15 is 0 Å². The van der Waals surface area contributed by atoms with Gasteiger partial charge in [-0.25, -0.2) is 8.78 Å². The molecule has 2 rings (SSSR count). The lowest BCUT2D eigenvalue weighted by Gasteiger charge is -2.04. The summed E-state index contributed by atoms with van der Waals surface area (Å²) >= 11 is 0. The lowest BCUT2D eigenvalue weighted by Crippen LogP contribution is -1.92. The number of halogens is 2. The average molecular weight is 214 g/mol. The molecule has 0 bridgehead atoms. The number of nitrogens with zero attached hydrogens (tertiary/aromatic N) is 2. The maximum atomic E-state index is 13.4. The van der Waals surface area contributed by atoms with Gasteiger partial charge in [0.25, 0.3) is 0 Å². The SMILES string of the molecule is N#Cc1ccc(F)c2c(F)ccc(C#N)c12. The van der Waals surface area contributed by atoms with Crippen LogP contribution >= 0.6 is 0 Å². The van der Waals surface area contributed by atoms with Crippen molar-refractivity contribution in [2.75, 3.05) is 0 Å². The predicted octanol–water partition coefficient (Wildman–Crippen LogP) is 2.86. The molecule has 0 heterocycles. The van der Waals surface area contributed by atoms with Gasteiger partial charge in [-0.1, -0.05) is 0 Å². The van der Waals surface area contributed by atoms with Crippen LogP contribution in [0.1, 0.15) is 11.1 Å². The number of fused-ring (bicyclic) bond motifs is 1. The van der Waals surface area contributed by atoms with Crippen LogP contribution in [0.4, 0.5) is 8.78 Å². The molecule has 2 nitrogen and oxygen atoms in total. The van der Waals surface area contributed by atoms with Crippen molar-refractivity contribution in [3.63, 3.8) is 0 Å². The van der Waals surface area contributed by atoms with E-state index in [0.29, 0.717) is 0 Å². The van der Waals surface area contributed by atoms with Crippen LogP contribution in [0.25, 0.3) is 10.8 Å². The zero-order valence-electron chi connectivity index (χ0n) is 7.96. The first-order valence-electron chi connectivity index (χ1n) is 4.40. The van der Waals surface area contributed by atoms with Gasteiger partial charge in [-0.2, -0.15) is 10.5 Å². The van der Waals surface area contributed by atoms with E-state index in [1.807, 2.05) is 12.1 Å². The summed E-state index contributed by atoms with van der Waals surface area (Å²) in [7, 11) is 0. The molecule has 4 heteroatoms. The maximum Gasteiger partial charge on any atom is 0.134 e. The van der Waals surface area contributed by atoms with Gasteiger partial charge in [0, 0.05) is 5.39 Å². The van der Waals surface area contributed by atoms with E-state index in [0.717, 1.165) is 12.1 Å². The van der Waals surface area contributed by atoms with E-state index in [2.05, 4.69) is 0 Å². The summed E-state index contributed by atoms with van der Waals surface area (Å²) in [5.74, 6) is -1.55. The Kier molecular flexibility index (Phi) is 2.27. The molecule has 0 amide bonds. The Balaban J connectivity index is 3.11. The first kappa shape index (κ1) is 10.1. The molecule has 2 aromatic rings. The van der Waals surface area contributed by atoms with Crippen molar-refractivity contribution in [3.05, 3.63) is 47.0 Å². The minimum absolute atomic E-state index is 0.0324. The van der Waals surface area contributed by atoms with Gasteiger partial charge in [0.2, 0.25) is 0 Å². The summed E-state index contributed by atoms with van der Waals surface area (Å²) in [5.41, 5.74) is 0.180. The highest BCUT2D eigenvalue weighted by Crippen LogP contribution is 2.27. The molecule has 0 aliphatic rings. The van der Waals surface area contributed by atoms with Crippen molar-refractivity contribution in [2.24, 2.45) is 0 Å². The summed E-state index contributed by atoms with van der Waals surface area (Å²) in [6, 6.07) is 8.14. The van der Waals surface area contributed by atoms with Crippen molar-refractivity contribution in [2.45, 2.75) is 0 Å². The monoisotopic (exact) mass is 214 g/mol. The van der Waals surface area contributed by atoms with E-state index in [1.54, 1.807) is 0 Å². The Bertz CT molecular complexity index is 608. The number of hydrogen-bond acceptors (Lipinski definition) is 2. The number of nitriles is 2. The zero-order valence-corrected chi connectivity index (χ0v) is 7.96. The quantitative estimate of drug-likeness (QED) is 0.676. The third kappa shape index (κ3) is 1.29. The highest BCUT2D eigenvalue weighted by atomic mass is 19.1. The Morgan fingerprint density at radius 3 is 1.56 bits per heavy atom. The van der Waals surface area contributed by atoms with Crippen LogP contribution in [-0.2, 0) is 0 Å². The van der Waals surface area contributed by atoms with Crippen LogP contribution < -0.4 is 0 Å². The Morgan fingerprint density at radius 2 is 1.19 bits per heavy atom. The highest BCUT2D eigenvalue weighted by Gasteiger charge is 2.13. The van der Waals surface area contributed by atoms with Gasteiger partial charge in [0.05, 0.1) is 28.7 Å². The van der Waals surface area contributed by atoms with Crippen LogP contribution in [-0.4, -0.2) is 0 Å². The Hall–Kier alpha value is -2.46. The van der Waals surface area contributed by atoms with Gasteiger partial charge in [-0.05, 0) is 24.3 Å². The fraction of sp³-hybridized carbons (Fsp3) is 0. The molecule has 0 aliphatic carbocycles. The third-order valence-electron chi connectivity index (χ3n) is 2.30. The number of rotatable bonds is 0. The summed E-state index contributed by atoms with van der Waals surface area (Å²) in [6.07, 6.45) is 0. The highest BCUT2D eigenvalue weighted by molar-refractivity contribution is 5.93. The van der Waals surface area contributed by atoms with Crippen LogP contribution in [0.5, 0.6) is 0 Å². The molecule has 0 aromatic heterocycles. The fourth-order valence-electron chi connectivity index (χ4n) is 1.60. The van der Waals surface area contributed by atoms with Crippen LogP contribution in [0, 0.1) is 34.3 Å². The lowest BCUT2D eigenvalue weighted by atomic mass is 9.99. The molecule has 0 atom stereocenters. The molecular formula is C12H4F2N2. The molecule has 2 aromatic carbocycles. The molecule has 0 spiro atoms. The lowest BCUT2D eigenvalue weighted by molar-refractivity contribution is 0.608. The molecule has 0 radical (unpaired) electrons. The molecule has 76 valence electrons. The molecule has 0 aliphatic heterocycles. The summed E-state index contributed by atoms with van der Waals surface area (Å²) < 4.78 is 26.8. The third-order valence-corrected chi connectivity index (χ3v) is 2.30. The molecule has 0 N–H and O–H groups in total. The standard InChI is InChI=1S/C12H4F2N2/c13-9-3-1-7(5-15)11-8(6-16)2-4-10(14)12(9)11/h1-4H. The molecule has 16 heavy (non-hydrogen) atoms. The largest absolute Gasteiger partial charge is 0.206 e. The zero-order chi connectivity index (χ0) is 11.7. The smallest absolute Gasteiger partial charge is 0.134 e. The van der Waals surface area contributed by atoms with Crippen molar-refractivity contribution >= 4 is 10.8 Å². The van der Waals surface area contributed by atoms with Crippen LogP contribution in [0.3, 0.4) is 0 Å². The van der Waals surface area contributed by atoms with Gasteiger partial charge in [0.1, 0.15) is 11.6 Å². The van der Waals surface area contributed by atoms with Gasteiger partial charge in [-0.3, -0.25) is 0 Å². The van der Waals surface area contributed by atoms with Crippen molar-refractivity contribution in [1.82, 2.24) is 0 Å². The Labute approximate surface area is 90.0 Å². The molecule has 0 fully saturated rings. The van der Waals surface area contributed by atoms with E-state index in [-0.39, 0.29) is 21.9 Å². The second-order valence-corrected chi connectivity index (χ2v) is 3.16. The van der Waals surface area contributed by atoms with E-state index in [9.17, 15) is 8.78 Å². The second kappa shape index (κ2) is 3.60. The van der Waals surface area contributed by atoms with E-state index in [4.69, 9.17) is 10.5 Å². The topological polar surface area (TPSA) is 47.6 Å². The second-order valence-electron chi connectivity index (χ2n) is 3.16. The van der Waals surface area contributed by atoms with E-state index < -0.39 is 11.6 Å². The maximum absolute atomic E-state index is 13.4. The average Bonchev–Trinajstić information content (AvgIpc) is 2.30. The number of hydrogen-bond donors (Lipinski definition) is 0. The van der Waals surface area contributed by atoms with Crippen molar-refractivity contribution in [3.8, 4) is 12.1 Å². The number of benzene rings is 2. The molecule has 0 unspecified atom stereocenters. The normalized spacial score (nSPS) is 9.75. The van der Waals surface area contributed by atoms with Gasteiger partial charge in [0.15, 0.2) is 0 Å². The fourth-order valence-corrected chi connectivity index (χ4v) is 1.60.